The smallest absolute Gasteiger partial charge is 0.232 e. The Kier molecular flexibility index (Phi) is 3.49. The number of hydrogen-bond donors (Lipinski definition) is 1. The first kappa shape index (κ1) is 13.2. The third kappa shape index (κ3) is 2.56. The van der Waals surface area contributed by atoms with Crippen LogP contribution in [0.15, 0.2) is 12.4 Å². The highest BCUT2D eigenvalue weighted by Crippen LogP contribution is 2.35. The molecule has 0 unspecified atom stereocenters. The van der Waals surface area contributed by atoms with Crippen molar-refractivity contribution in [3.63, 3.8) is 0 Å². The second-order valence-corrected chi connectivity index (χ2v) is 5.93. The minimum absolute atomic E-state index is 0.0764. The Bertz CT molecular complexity index is 623. The van der Waals surface area contributed by atoms with Crippen molar-refractivity contribution in [3.05, 3.63) is 23.0 Å². The fourth-order valence-corrected chi connectivity index (χ4v) is 2.91. The van der Waals surface area contributed by atoms with E-state index in [1.807, 2.05) is 20.2 Å². The number of amides is 1. The first-order valence-electron chi connectivity index (χ1n) is 6.34. The summed E-state index contributed by atoms with van der Waals surface area (Å²) in [6.07, 6.45) is 4.08. The lowest BCUT2D eigenvalue weighted by molar-refractivity contribution is -0.121. The molecular formula is C12H15N5O2S. The first-order chi connectivity index (χ1) is 9.63. The van der Waals surface area contributed by atoms with Crippen LogP contribution in [0.5, 0.6) is 0 Å². The number of carbonyl (C=O) groups excluding carboxylic acids is 1. The van der Waals surface area contributed by atoms with Crippen molar-refractivity contribution in [1.82, 2.24) is 20.0 Å². The molecule has 3 rings (SSSR count). The molecule has 1 aliphatic rings. The highest BCUT2D eigenvalue weighted by Gasteiger charge is 2.36. The van der Waals surface area contributed by atoms with Crippen molar-refractivity contribution < 1.29 is 9.53 Å². The van der Waals surface area contributed by atoms with E-state index in [9.17, 15) is 4.79 Å². The molecule has 1 aliphatic heterocycles. The van der Waals surface area contributed by atoms with E-state index in [4.69, 9.17) is 4.74 Å². The maximum Gasteiger partial charge on any atom is 0.232 e. The van der Waals surface area contributed by atoms with E-state index in [0.29, 0.717) is 18.2 Å². The highest BCUT2D eigenvalue weighted by atomic mass is 32.1. The number of hydrogen-bond acceptors (Lipinski definition) is 6. The van der Waals surface area contributed by atoms with Crippen LogP contribution in [0.4, 0.5) is 5.13 Å². The Morgan fingerprint density at radius 3 is 3.05 bits per heavy atom. The molecule has 1 saturated heterocycles. The summed E-state index contributed by atoms with van der Waals surface area (Å²) < 4.78 is 7.39. The number of aromatic nitrogens is 4. The van der Waals surface area contributed by atoms with Gasteiger partial charge in [0.2, 0.25) is 11.0 Å². The predicted molar refractivity (Wildman–Crippen MR) is 73.3 cm³/mol. The second kappa shape index (κ2) is 5.29. The number of aryl methyl sites for hydroxylation is 2. The van der Waals surface area contributed by atoms with Crippen molar-refractivity contribution in [2.24, 2.45) is 13.0 Å². The predicted octanol–water partition coefficient (Wildman–Crippen LogP) is 1.30. The van der Waals surface area contributed by atoms with Crippen molar-refractivity contribution in [2.45, 2.75) is 19.4 Å². The molecule has 106 valence electrons. The van der Waals surface area contributed by atoms with Gasteiger partial charge in [0.05, 0.1) is 18.2 Å². The lowest BCUT2D eigenvalue weighted by atomic mass is 9.96. The average Bonchev–Trinajstić information content (AvgIpc) is 3.09. The van der Waals surface area contributed by atoms with Crippen LogP contribution in [-0.4, -0.2) is 32.5 Å². The fourth-order valence-electron chi connectivity index (χ4n) is 2.32. The number of carbonyl (C=O) groups is 1. The van der Waals surface area contributed by atoms with E-state index >= 15 is 0 Å². The van der Waals surface area contributed by atoms with Crippen molar-refractivity contribution in [2.75, 3.05) is 11.9 Å². The van der Waals surface area contributed by atoms with E-state index < -0.39 is 0 Å². The van der Waals surface area contributed by atoms with Gasteiger partial charge in [-0.1, -0.05) is 11.3 Å². The quantitative estimate of drug-likeness (QED) is 0.922. The van der Waals surface area contributed by atoms with Crippen LogP contribution in [0.25, 0.3) is 0 Å². The van der Waals surface area contributed by atoms with Gasteiger partial charge in [-0.05, 0) is 13.3 Å². The van der Waals surface area contributed by atoms with Crippen LogP contribution < -0.4 is 5.32 Å². The summed E-state index contributed by atoms with van der Waals surface area (Å²) in [5, 5.41) is 16.1. The van der Waals surface area contributed by atoms with Gasteiger partial charge in [-0.2, -0.15) is 5.10 Å². The zero-order chi connectivity index (χ0) is 14.1. The molecule has 2 aromatic rings. The summed E-state index contributed by atoms with van der Waals surface area (Å²) in [5.74, 6) is -0.295. The summed E-state index contributed by atoms with van der Waals surface area (Å²) in [6.45, 7) is 2.43. The molecule has 1 N–H and O–H groups in total. The van der Waals surface area contributed by atoms with Crippen LogP contribution >= 0.6 is 11.3 Å². The SMILES string of the molecule is Cc1nnc(NC(=O)[C@H]2CCO[C@@H]2c2cnn(C)c2)s1. The molecule has 7 nitrogen and oxygen atoms in total. The molecule has 0 aliphatic carbocycles. The maximum absolute atomic E-state index is 12.3. The maximum atomic E-state index is 12.3. The summed E-state index contributed by atoms with van der Waals surface area (Å²) in [5.41, 5.74) is 0.929. The summed E-state index contributed by atoms with van der Waals surface area (Å²) in [6, 6.07) is 0. The van der Waals surface area contributed by atoms with Gasteiger partial charge in [0.1, 0.15) is 5.01 Å². The minimum Gasteiger partial charge on any atom is -0.373 e. The van der Waals surface area contributed by atoms with Gasteiger partial charge in [-0.15, -0.1) is 10.2 Å². The summed E-state index contributed by atoms with van der Waals surface area (Å²) in [4.78, 5) is 12.3. The molecule has 0 radical (unpaired) electrons. The Labute approximate surface area is 120 Å². The van der Waals surface area contributed by atoms with Crippen molar-refractivity contribution in [1.29, 1.82) is 0 Å². The number of rotatable bonds is 3. The normalized spacial score (nSPS) is 22.1. The zero-order valence-electron chi connectivity index (χ0n) is 11.2. The number of nitrogens with one attached hydrogen (secondary N) is 1. The largest absolute Gasteiger partial charge is 0.373 e. The lowest BCUT2D eigenvalue weighted by Crippen LogP contribution is -2.25. The van der Waals surface area contributed by atoms with Gasteiger partial charge in [0.15, 0.2) is 0 Å². The van der Waals surface area contributed by atoms with Crippen LogP contribution in [0.2, 0.25) is 0 Å². The number of ether oxygens (including phenoxy) is 1. The summed E-state index contributed by atoms with van der Waals surface area (Å²) in [7, 11) is 1.84. The van der Waals surface area contributed by atoms with Gasteiger partial charge in [-0.25, -0.2) is 0 Å². The van der Waals surface area contributed by atoms with Gasteiger partial charge in [0, 0.05) is 25.4 Å². The molecule has 3 heterocycles. The summed E-state index contributed by atoms with van der Waals surface area (Å²) >= 11 is 1.36. The Balaban J connectivity index is 1.73. The molecule has 1 fully saturated rings. The lowest BCUT2D eigenvalue weighted by Gasteiger charge is -2.15. The van der Waals surface area contributed by atoms with Crippen LogP contribution in [0.3, 0.4) is 0 Å². The fraction of sp³-hybridized carbons (Fsp3) is 0.500. The molecule has 0 spiro atoms. The van der Waals surface area contributed by atoms with Crippen LogP contribution in [0.1, 0.15) is 23.1 Å². The number of anilines is 1. The third-order valence-corrected chi connectivity index (χ3v) is 3.99. The van der Waals surface area contributed by atoms with Crippen molar-refractivity contribution >= 4 is 22.4 Å². The van der Waals surface area contributed by atoms with E-state index in [2.05, 4.69) is 20.6 Å². The van der Waals surface area contributed by atoms with E-state index in [1.54, 1.807) is 10.9 Å². The number of nitrogens with zero attached hydrogens (tertiary/aromatic N) is 4. The average molecular weight is 293 g/mol. The molecule has 20 heavy (non-hydrogen) atoms. The van der Waals surface area contributed by atoms with Crippen molar-refractivity contribution in [3.8, 4) is 0 Å². The Morgan fingerprint density at radius 1 is 1.55 bits per heavy atom. The van der Waals surface area contributed by atoms with Gasteiger partial charge in [0.25, 0.3) is 0 Å². The molecular weight excluding hydrogens is 278 g/mol. The standard InChI is InChI=1S/C12H15N5O2S/c1-7-15-16-12(20-7)14-11(18)9-3-4-19-10(9)8-5-13-17(2)6-8/h5-6,9-10H,3-4H2,1-2H3,(H,14,16,18)/t9-,10+/m0/s1. The van der Waals surface area contributed by atoms with E-state index in [1.165, 1.54) is 11.3 Å². The Hall–Kier alpha value is -1.80. The van der Waals surface area contributed by atoms with Crippen LogP contribution in [-0.2, 0) is 16.6 Å². The molecule has 0 bridgehead atoms. The minimum atomic E-state index is -0.238. The van der Waals surface area contributed by atoms with Gasteiger partial charge in [-0.3, -0.25) is 9.48 Å². The van der Waals surface area contributed by atoms with Gasteiger partial charge < -0.3 is 10.1 Å². The van der Waals surface area contributed by atoms with Crippen LogP contribution in [0, 0.1) is 12.8 Å². The highest BCUT2D eigenvalue weighted by molar-refractivity contribution is 7.15. The molecule has 8 heteroatoms. The Morgan fingerprint density at radius 2 is 2.40 bits per heavy atom. The first-order valence-corrected chi connectivity index (χ1v) is 7.16. The zero-order valence-corrected chi connectivity index (χ0v) is 12.1. The monoisotopic (exact) mass is 293 g/mol. The molecule has 1 amide bonds. The van der Waals surface area contributed by atoms with E-state index in [-0.39, 0.29) is 17.9 Å². The topological polar surface area (TPSA) is 81.9 Å². The third-order valence-electron chi connectivity index (χ3n) is 3.24. The molecule has 0 aromatic carbocycles. The van der Waals surface area contributed by atoms with E-state index in [0.717, 1.165) is 10.6 Å². The van der Waals surface area contributed by atoms with Gasteiger partial charge >= 0.3 is 0 Å². The molecule has 0 saturated carbocycles. The second-order valence-electron chi connectivity index (χ2n) is 4.75. The molecule has 2 atom stereocenters. The molecule has 2 aromatic heterocycles.